The number of nitrogens with zero attached hydrogens (tertiary/aromatic N) is 2. The Morgan fingerprint density at radius 2 is 2.17 bits per heavy atom. The molecule has 3 aromatic rings. The molecule has 0 amide bonds. The molecule has 29 heavy (non-hydrogen) atoms. The van der Waals surface area contributed by atoms with Crippen LogP contribution in [-0.2, 0) is 11.3 Å². The molecule has 1 N–H and O–H groups in total. The fourth-order valence-electron chi connectivity index (χ4n) is 4.26. The third-order valence-corrected chi connectivity index (χ3v) is 8.23. The number of carboxylic acid groups (broad SMARTS) is 1. The number of hydrogen-bond donors (Lipinski definition) is 1. The second-order valence-electron chi connectivity index (χ2n) is 7.65. The van der Waals surface area contributed by atoms with Gasteiger partial charge in [0.1, 0.15) is 0 Å². The van der Waals surface area contributed by atoms with E-state index in [1.54, 1.807) is 0 Å². The van der Waals surface area contributed by atoms with Gasteiger partial charge < -0.3 is 0 Å². The van der Waals surface area contributed by atoms with Crippen LogP contribution in [0.15, 0.2) is 36.4 Å². The van der Waals surface area contributed by atoms with E-state index in [2.05, 4.69) is 41.8 Å². The number of aliphatic carboxylic acids is 1. The van der Waals surface area contributed by atoms with Gasteiger partial charge in [0.15, 0.2) is 0 Å². The number of benzene rings is 2. The zero-order chi connectivity index (χ0) is 20.1. The Kier molecular flexibility index (Phi) is 4.49. The molecule has 0 saturated carbocycles. The molecule has 148 valence electrons. The summed E-state index contributed by atoms with van der Waals surface area (Å²) in [5.41, 5.74) is 5.95. The molecular formula is C23H23N2O3Se+. The number of hydrogen-bond acceptors (Lipinski definition) is 3. The Balaban J connectivity index is 1.56. The Morgan fingerprint density at radius 1 is 1.31 bits per heavy atom. The average molecular weight is 454 g/mol. The maximum atomic E-state index is 11.2. The summed E-state index contributed by atoms with van der Waals surface area (Å²) in [4.78, 5) is 13.0. The number of carboxylic acids is 1. The van der Waals surface area contributed by atoms with E-state index in [4.69, 9.17) is 9.84 Å². The van der Waals surface area contributed by atoms with E-state index in [1.165, 1.54) is 25.5 Å². The Hall–Kier alpha value is -2.56. The summed E-state index contributed by atoms with van der Waals surface area (Å²) in [6.07, 6.45) is 3.31. The van der Waals surface area contributed by atoms with Crippen LogP contribution in [0.25, 0.3) is 21.4 Å². The molecular weight excluding hydrogens is 431 g/mol. The van der Waals surface area contributed by atoms with Crippen LogP contribution in [0.2, 0.25) is 0 Å². The van der Waals surface area contributed by atoms with Crippen LogP contribution >= 0.6 is 0 Å². The predicted molar refractivity (Wildman–Crippen MR) is 115 cm³/mol. The molecule has 0 radical (unpaired) electrons. The normalized spacial score (nSPS) is 17.0. The molecule has 0 fully saturated rings. The molecule has 0 bridgehead atoms. The van der Waals surface area contributed by atoms with Crippen LogP contribution in [0.5, 0.6) is 5.75 Å². The van der Waals surface area contributed by atoms with E-state index in [-0.39, 0.29) is 12.6 Å². The summed E-state index contributed by atoms with van der Waals surface area (Å²) in [5.74, 6) is 0.0303. The van der Waals surface area contributed by atoms with Crippen molar-refractivity contribution in [3.05, 3.63) is 52.1 Å². The zero-order valence-electron chi connectivity index (χ0n) is 16.5. The molecule has 3 heterocycles. The summed E-state index contributed by atoms with van der Waals surface area (Å²) < 4.78 is 11.8. The first kappa shape index (κ1) is 18.5. The second-order valence-corrected chi connectivity index (χ2v) is 9.82. The molecule has 2 aromatic carbocycles. The summed E-state index contributed by atoms with van der Waals surface area (Å²) >= 11 is 0.299. The molecule has 0 spiro atoms. The first-order valence-corrected chi connectivity index (χ1v) is 11.7. The van der Waals surface area contributed by atoms with Crippen LogP contribution in [0.1, 0.15) is 29.0 Å². The van der Waals surface area contributed by atoms with E-state index in [0.29, 0.717) is 21.0 Å². The van der Waals surface area contributed by atoms with E-state index in [1.807, 2.05) is 24.0 Å². The van der Waals surface area contributed by atoms with E-state index in [0.717, 1.165) is 30.0 Å². The van der Waals surface area contributed by atoms with Gasteiger partial charge in [-0.05, 0) is 0 Å². The number of fused-ring (bicyclic) bond motifs is 6. The van der Waals surface area contributed by atoms with Crippen molar-refractivity contribution in [2.45, 2.75) is 32.9 Å². The van der Waals surface area contributed by atoms with E-state index >= 15 is 0 Å². The number of carbonyl (C=O) groups is 1. The van der Waals surface area contributed by atoms with E-state index < -0.39 is 5.97 Å². The first-order valence-electron chi connectivity index (χ1n) is 9.96. The number of aromatic nitrogens is 1. The van der Waals surface area contributed by atoms with Gasteiger partial charge in [0.2, 0.25) is 0 Å². The zero-order valence-corrected chi connectivity index (χ0v) is 18.2. The fraction of sp³-hybridized carbons (Fsp3) is 0.304. The van der Waals surface area contributed by atoms with Gasteiger partial charge in [0.25, 0.3) is 0 Å². The SMILES string of the molecule is CCN(CC(=O)O)c1ccc2c(c1)OC1CC[n+]3c([se]c4cc(C)ccc43)C1=C2. The summed E-state index contributed by atoms with van der Waals surface area (Å²) in [5, 5.41) is 9.16. The van der Waals surface area contributed by atoms with E-state index in [9.17, 15) is 4.79 Å². The van der Waals surface area contributed by atoms with Gasteiger partial charge in [0.05, 0.1) is 0 Å². The minimum absolute atomic E-state index is 0.00706. The molecule has 5 nitrogen and oxygen atoms in total. The van der Waals surface area contributed by atoms with Crippen LogP contribution in [0.4, 0.5) is 5.69 Å². The monoisotopic (exact) mass is 455 g/mol. The molecule has 0 saturated heterocycles. The molecule has 5 rings (SSSR count). The summed E-state index contributed by atoms with van der Waals surface area (Å²) in [7, 11) is 0. The molecule has 1 atom stereocenters. The molecule has 6 heteroatoms. The standard InChI is InChI=1S/C23H22N2O3Se/c1-3-24(13-22(26)27)16-6-5-15-11-17-19(28-20(15)12-16)8-9-25-18-7-4-14(2)10-21(18)29-23(17)25/h4-7,10-12,19H,3,8-9,13H2,1-2H3/p+1. The number of ether oxygens (including phenoxy) is 1. The average Bonchev–Trinajstić information content (AvgIpc) is 3.08. The van der Waals surface area contributed by atoms with Gasteiger partial charge in [-0.1, -0.05) is 0 Å². The van der Waals surface area contributed by atoms with Crippen LogP contribution < -0.4 is 14.2 Å². The Labute approximate surface area is 175 Å². The van der Waals surface area contributed by atoms with Gasteiger partial charge in [0, 0.05) is 0 Å². The second kappa shape index (κ2) is 7.05. The molecule has 1 unspecified atom stereocenters. The van der Waals surface area contributed by atoms with Gasteiger partial charge in [-0.15, -0.1) is 0 Å². The van der Waals surface area contributed by atoms with Gasteiger partial charge >= 0.3 is 176 Å². The van der Waals surface area contributed by atoms with Crippen LogP contribution in [0.3, 0.4) is 0 Å². The number of aryl methyl sites for hydroxylation is 2. The fourth-order valence-corrected chi connectivity index (χ4v) is 7.08. The number of rotatable bonds is 4. The van der Waals surface area contributed by atoms with Crippen molar-refractivity contribution in [1.29, 1.82) is 0 Å². The molecule has 2 aliphatic rings. The maximum absolute atomic E-state index is 11.2. The molecule has 0 aliphatic carbocycles. The van der Waals surface area contributed by atoms with Gasteiger partial charge in [-0.2, -0.15) is 0 Å². The minimum atomic E-state index is -0.824. The van der Waals surface area contributed by atoms with Crippen molar-refractivity contribution in [2.75, 3.05) is 18.0 Å². The summed E-state index contributed by atoms with van der Waals surface area (Å²) in [6.45, 7) is 5.73. The quantitative estimate of drug-likeness (QED) is 0.486. The van der Waals surface area contributed by atoms with Gasteiger partial charge in [-0.3, -0.25) is 0 Å². The van der Waals surface area contributed by atoms with Crippen molar-refractivity contribution < 1.29 is 19.2 Å². The molecule has 1 aromatic heterocycles. The van der Waals surface area contributed by atoms with Crippen molar-refractivity contribution >= 4 is 47.6 Å². The third kappa shape index (κ3) is 3.17. The number of anilines is 1. The topological polar surface area (TPSA) is 53.7 Å². The predicted octanol–water partition coefficient (Wildman–Crippen LogP) is 3.11. The molecule has 2 aliphatic heterocycles. The van der Waals surface area contributed by atoms with Gasteiger partial charge in [-0.25, -0.2) is 0 Å². The van der Waals surface area contributed by atoms with Crippen molar-refractivity contribution in [2.24, 2.45) is 0 Å². The first-order chi connectivity index (χ1) is 14.0. The Bertz CT molecular complexity index is 1160. The van der Waals surface area contributed by atoms with Crippen LogP contribution in [0, 0.1) is 6.92 Å². The van der Waals surface area contributed by atoms with Crippen molar-refractivity contribution in [3.8, 4) is 5.75 Å². The summed E-state index contributed by atoms with van der Waals surface area (Å²) in [6, 6.07) is 12.8. The van der Waals surface area contributed by atoms with Crippen molar-refractivity contribution in [3.63, 3.8) is 0 Å². The van der Waals surface area contributed by atoms with Crippen molar-refractivity contribution in [1.82, 2.24) is 0 Å². The third-order valence-electron chi connectivity index (χ3n) is 5.72. The van der Waals surface area contributed by atoms with Crippen LogP contribution in [-0.4, -0.2) is 44.8 Å². The Morgan fingerprint density at radius 3 is 2.97 bits per heavy atom. The number of likely N-dealkylation sites (N-methyl/N-ethyl adjacent to an activating group) is 1.